The Morgan fingerprint density at radius 3 is 2.38 bits per heavy atom. The molecule has 0 aromatic heterocycles. The van der Waals surface area contributed by atoms with E-state index in [2.05, 4.69) is 17.4 Å². The van der Waals surface area contributed by atoms with Crippen LogP contribution in [-0.2, 0) is 4.79 Å². The third-order valence-corrected chi connectivity index (χ3v) is 4.10. The fourth-order valence-electron chi connectivity index (χ4n) is 2.89. The molecule has 1 aliphatic rings. The Labute approximate surface area is 125 Å². The van der Waals surface area contributed by atoms with Crippen molar-refractivity contribution in [2.45, 2.75) is 50.9 Å². The van der Waals surface area contributed by atoms with Crippen LogP contribution < -0.4 is 5.32 Å². The number of hydrogen-bond donors (Lipinski definition) is 2. The van der Waals surface area contributed by atoms with Gasteiger partial charge in [0.25, 0.3) is 5.91 Å². The highest BCUT2D eigenvalue weighted by Crippen LogP contribution is 2.32. The van der Waals surface area contributed by atoms with Crippen LogP contribution in [0.3, 0.4) is 0 Å². The lowest BCUT2D eigenvalue weighted by molar-refractivity contribution is -0.137. The van der Waals surface area contributed by atoms with Crippen molar-refractivity contribution < 1.29 is 14.7 Å². The maximum atomic E-state index is 11.9. The van der Waals surface area contributed by atoms with Gasteiger partial charge in [0.15, 0.2) is 0 Å². The van der Waals surface area contributed by atoms with Crippen LogP contribution in [0.5, 0.6) is 0 Å². The van der Waals surface area contributed by atoms with E-state index in [9.17, 15) is 9.59 Å². The summed E-state index contributed by atoms with van der Waals surface area (Å²) in [4.78, 5) is 22.3. The molecule has 4 heteroatoms. The molecule has 0 atom stereocenters. The molecular weight excluding hydrogens is 266 g/mol. The third-order valence-electron chi connectivity index (χ3n) is 4.10. The quantitative estimate of drug-likeness (QED) is 0.789. The molecule has 1 aromatic rings. The average molecular weight is 289 g/mol. The number of carboxylic acid groups (broad SMARTS) is 1. The summed E-state index contributed by atoms with van der Waals surface area (Å²) in [5.41, 5.74) is 1.97. The number of hydrogen-bond acceptors (Lipinski definition) is 2. The van der Waals surface area contributed by atoms with E-state index < -0.39 is 5.97 Å². The number of carboxylic acids is 1. The van der Waals surface area contributed by atoms with E-state index in [0.29, 0.717) is 24.4 Å². The molecular formula is C17H23NO3. The van der Waals surface area contributed by atoms with Gasteiger partial charge in [-0.25, -0.2) is 0 Å². The van der Waals surface area contributed by atoms with E-state index in [1.54, 1.807) is 0 Å². The molecule has 1 aliphatic carbocycles. The second-order valence-corrected chi connectivity index (χ2v) is 5.71. The van der Waals surface area contributed by atoms with E-state index in [4.69, 9.17) is 5.11 Å². The molecule has 4 nitrogen and oxygen atoms in total. The largest absolute Gasteiger partial charge is 0.481 e. The number of aliphatic carboxylic acids is 1. The van der Waals surface area contributed by atoms with Gasteiger partial charge in [0.05, 0.1) is 0 Å². The SMILES string of the molecule is O=C(O)CCCNC(=O)c1ccc(C2CCCCC2)cc1. The molecule has 1 amide bonds. The smallest absolute Gasteiger partial charge is 0.303 e. The Balaban J connectivity index is 1.83. The van der Waals surface area contributed by atoms with Crippen molar-refractivity contribution in [2.24, 2.45) is 0 Å². The monoisotopic (exact) mass is 289 g/mol. The van der Waals surface area contributed by atoms with E-state index >= 15 is 0 Å². The number of carbonyl (C=O) groups excluding carboxylic acids is 1. The standard InChI is InChI=1S/C17H23NO3/c19-16(20)7-4-12-18-17(21)15-10-8-14(9-11-15)13-5-2-1-3-6-13/h8-11,13H,1-7,12H2,(H,18,21)(H,19,20). The van der Waals surface area contributed by atoms with Crippen molar-refractivity contribution in [1.82, 2.24) is 5.32 Å². The highest BCUT2D eigenvalue weighted by molar-refractivity contribution is 5.94. The Hall–Kier alpha value is -1.84. The van der Waals surface area contributed by atoms with Crippen LogP contribution in [0.4, 0.5) is 0 Å². The van der Waals surface area contributed by atoms with Crippen molar-refractivity contribution in [3.63, 3.8) is 0 Å². The van der Waals surface area contributed by atoms with Crippen molar-refractivity contribution in [3.05, 3.63) is 35.4 Å². The van der Waals surface area contributed by atoms with Gasteiger partial charge in [0.1, 0.15) is 0 Å². The van der Waals surface area contributed by atoms with Crippen LogP contribution in [-0.4, -0.2) is 23.5 Å². The molecule has 0 aliphatic heterocycles. The Kier molecular flexibility index (Phi) is 5.78. The van der Waals surface area contributed by atoms with Crippen molar-refractivity contribution in [2.75, 3.05) is 6.54 Å². The first kappa shape index (κ1) is 15.5. The van der Waals surface area contributed by atoms with Crippen LogP contribution in [0.15, 0.2) is 24.3 Å². The van der Waals surface area contributed by atoms with Gasteiger partial charge in [-0.1, -0.05) is 31.4 Å². The fraction of sp³-hybridized carbons (Fsp3) is 0.529. The minimum atomic E-state index is -0.832. The summed E-state index contributed by atoms with van der Waals surface area (Å²) in [6.45, 7) is 0.398. The van der Waals surface area contributed by atoms with Crippen LogP contribution in [0, 0.1) is 0 Å². The van der Waals surface area contributed by atoms with Crippen LogP contribution in [0.2, 0.25) is 0 Å². The molecule has 2 N–H and O–H groups in total. The number of carbonyl (C=O) groups is 2. The molecule has 0 unspecified atom stereocenters. The van der Waals surface area contributed by atoms with Crippen LogP contribution in [0.25, 0.3) is 0 Å². The molecule has 114 valence electrons. The van der Waals surface area contributed by atoms with Gasteiger partial charge < -0.3 is 10.4 Å². The van der Waals surface area contributed by atoms with Crippen molar-refractivity contribution >= 4 is 11.9 Å². The maximum absolute atomic E-state index is 11.9. The topological polar surface area (TPSA) is 66.4 Å². The maximum Gasteiger partial charge on any atom is 0.303 e. The summed E-state index contributed by atoms with van der Waals surface area (Å²) in [6.07, 6.45) is 6.99. The first-order chi connectivity index (χ1) is 10.2. The highest BCUT2D eigenvalue weighted by Gasteiger charge is 2.15. The van der Waals surface area contributed by atoms with Gasteiger partial charge in [0, 0.05) is 18.5 Å². The molecule has 2 rings (SSSR count). The summed E-state index contributed by atoms with van der Waals surface area (Å²) in [6, 6.07) is 7.86. The van der Waals surface area contributed by atoms with Gasteiger partial charge in [-0.2, -0.15) is 0 Å². The molecule has 0 radical (unpaired) electrons. The molecule has 0 saturated heterocycles. The Morgan fingerprint density at radius 1 is 1.10 bits per heavy atom. The first-order valence-electron chi connectivity index (χ1n) is 7.77. The predicted octanol–water partition coefficient (Wildman–Crippen LogP) is 3.33. The summed E-state index contributed by atoms with van der Waals surface area (Å²) >= 11 is 0. The molecule has 0 spiro atoms. The minimum Gasteiger partial charge on any atom is -0.481 e. The van der Waals surface area contributed by atoms with Crippen molar-refractivity contribution in [3.8, 4) is 0 Å². The summed E-state index contributed by atoms with van der Waals surface area (Å²) < 4.78 is 0. The molecule has 1 saturated carbocycles. The van der Waals surface area contributed by atoms with Crippen LogP contribution in [0.1, 0.15) is 66.8 Å². The zero-order valence-corrected chi connectivity index (χ0v) is 12.3. The van der Waals surface area contributed by atoms with E-state index in [1.165, 1.54) is 37.7 Å². The molecule has 0 heterocycles. The fourth-order valence-corrected chi connectivity index (χ4v) is 2.89. The number of nitrogens with one attached hydrogen (secondary N) is 1. The lowest BCUT2D eigenvalue weighted by Gasteiger charge is -2.22. The van der Waals surface area contributed by atoms with Gasteiger partial charge in [-0.05, 0) is 42.9 Å². The normalized spacial score (nSPS) is 15.6. The Bertz CT molecular complexity index is 475. The molecule has 21 heavy (non-hydrogen) atoms. The summed E-state index contributed by atoms with van der Waals surface area (Å²) in [5, 5.41) is 11.3. The highest BCUT2D eigenvalue weighted by atomic mass is 16.4. The second-order valence-electron chi connectivity index (χ2n) is 5.71. The summed E-state index contributed by atoms with van der Waals surface area (Å²) in [5.74, 6) is -0.317. The average Bonchev–Trinajstić information content (AvgIpc) is 2.52. The van der Waals surface area contributed by atoms with Gasteiger partial charge in [0.2, 0.25) is 0 Å². The third kappa shape index (κ3) is 4.88. The number of benzene rings is 1. The zero-order valence-electron chi connectivity index (χ0n) is 12.3. The minimum absolute atomic E-state index is 0.0842. The van der Waals surface area contributed by atoms with E-state index in [-0.39, 0.29) is 12.3 Å². The van der Waals surface area contributed by atoms with Gasteiger partial charge in [-0.3, -0.25) is 9.59 Å². The lowest BCUT2D eigenvalue weighted by atomic mass is 9.84. The van der Waals surface area contributed by atoms with Crippen molar-refractivity contribution in [1.29, 1.82) is 0 Å². The van der Waals surface area contributed by atoms with Crippen LogP contribution >= 0.6 is 0 Å². The van der Waals surface area contributed by atoms with Gasteiger partial charge in [-0.15, -0.1) is 0 Å². The second kappa shape index (κ2) is 7.81. The van der Waals surface area contributed by atoms with E-state index in [0.717, 1.165) is 0 Å². The van der Waals surface area contributed by atoms with Gasteiger partial charge >= 0.3 is 5.97 Å². The Morgan fingerprint density at radius 2 is 1.76 bits per heavy atom. The number of amides is 1. The number of rotatable bonds is 6. The predicted molar refractivity (Wildman–Crippen MR) is 81.5 cm³/mol. The first-order valence-corrected chi connectivity index (χ1v) is 7.77. The van der Waals surface area contributed by atoms with E-state index in [1.807, 2.05) is 12.1 Å². The molecule has 1 fully saturated rings. The lowest BCUT2D eigenvalue weighted by Crippen LogP contribution is -2.24. The molecule has 0 bridgehead atoms. The zero-order chi connectivity index (χ0) is 15.1. The summed E-state index contributed by atoms with van der Waals surface area (Å²) in [7, 11) is 0. The molecule has 1 aromatic carbocycles.